The van der Waals surface area contributed by atoms with Gasteiger partial charge >= 0.3 is 0 Å². The molecular formula is C10H10F2N2O. The quantitative estimate of drug-likeness (QED) is 0.796. The minimum atomic E-state index is -2.79. The fraction of sp³-hybridized carbons (Fsp3) is 0.300. The van der Waals surface area contributed by atoms with E-state index in [0.29, 0.717) is 11.3 Å². The maximum absolute atomic E-state index is 12.0. The van der Waals surface area contributed by atoms with Crippen LogP contribution in [0.1, 0.15) is 5.56 Å². The predicted molar refractivity (Wildman–Crippen MR) is 51.7 cm³/mol. The molecular weight excluding hydrogens is 202 g/mol. The van der Waals surface area contributed by atoms with Gasteiger partial charge in [0, 0.05) is 6.54 Å². The summed E-state index contributed by atoms with van der Waals surface area (Å²) in [5.74, 6) is 0. The average molecular weight is 212 g/mol. The van der Waals surface area contributed by atoms with Crippen LogP contribution >= 0.6 is 0 Å². The Labute approximate surface area is 86.0 Å². The first-order valence-corrected chi connectivity index (χ1v) is 4.34. The molecule has 0 aliphatic carbocycles. The highest BCUT2D eigenvalue weighted by Crippen LogP contribution is 2.13. The van der Waals surface area contributed by atoms with Crippen molar-refractivity contribution in [3.63, 3.8) is 0 Å². The number of alkyl halides is 2. The van der Waals surface area contributed by atoms with E-state index in [0.717, 1.165) is 0 Å². The van der Waals surface area contributed by atoms with Crippen molar-refractivity contribution in [3.05, 3.63) is 29.8 Å². The number of anilines is 1. The van der Waals surface area contributed by atoms with Crippen molar-refractivity contribution in [2.24, 2.45) is 0 Å². The van der Waals surface area contributed by atoms with Gasteiger partial charge in [-0.25, -0.2) is 8.78 Å². The fourth-order valence-electron chi connectivity index (χ4n) is 1.04. The molecule has 0 saturated carbocycles. The van der Waals surface area contributed by atoms with E-state index in [9.17, 15) is 8.78 Å². The van der Waals surface area contributed by atoms with E-state index >= 15 is 0 Å². The molecule has 0 amide bonds. The molecule has 15 heavy (non-hydrogen) atoms. The number of aliphatic hydroxyl groups is 1. The Morgan fingerprint density at radius 1 is 1.40 bits per heavy atom. The SMILES string of the molecule is N#Cc1ccccc1NCC(O)C(F)F. The van der Waals surface area contributed by atoms with E-state index in [2.05, 4.69) is 5.32 Å². The van der Waals surface area contributed by atoms with E-state index in [4.69, 9.17) is 10.4 Å². The molecule has 0 radical (unpaired) electrons. The Balaban J connectivity index is 2.62. The van der Waals surface area contributed by atoms with Crippen molar-refractivity contribution >= 4 is 5.69 Å². The molecule has 0 heterocycles. The first-order chi connectivity index (χ1) is 7.15. The van der Waals surface area contributed by atoms with Crippen molar-refractivity contribution in [3.8, 4) is 6.07 Å². The minimum absolute atomic E-state index is 0.281. The molecule has 1 atom stereocenters. The van der Waals surface area contributed by atoms with Gasteiger partial charge in [0.05, 0.1) is 11.3 Å². The number of benzene rings is 1. The largest absolute Gasteiger partial charge is 0.385 e. The number of aliphatic hydroxyl groups excluding tert-OH is 1. The summed E-state index contributed by atoms with van der Waals surface area (Å²) < 4.78 is 23.9. The van der Waals surface area contributed by atoms with Gasteiger partial charge in [-0.15, -0.1) is 0 Å². The van der Waals surface area contributed by atoms with E-state index in [1.807, 2.05) is 6.07 Å². The zero-order valence-electron chi connectivity index (χ0n) is 7.82. The van der Waals surface area contributed by atoms with Crippen LogP contribution in [0.5, 0.6) is 0 Å². The number of nitriles is 1. The van der Waals surface area contributed by atoms with Crippen molar-refractivity contribution in [2.45, 2.75) is 12.5 Å². The molecule has 0 saturated heterocycles. The van der Waals surface area contributed by atoms with E-state index in [-0.39, 0.29) is 6.54 Å². The van der Waals surface area contributed by atoms with Gasteiger partial charge in [-0.3, -0.25) is 0 Å². The first-order valence-electron chi connectivity index (χ1n) is 4.34. The smallest absolute Gasteiger partial charge is 0.265 e. The molecule has 5 heteroatoms. The van der Waals surface area contributed by atoms with Crippen molar-refractivity contribution in [1.29, 1.82) is 5.26 Å². The number of nitrogens with one attached hydrogen (secondary N) is 1. The van der Waals surface area contributed by atoms with Gasteiger partial charge in [0.2, 0.25) is 0 Å². The average Bonchev–Trinajstić information content (AvgIpc) is 2.26. The minimum Gasteiger partial charge on any atom is -0.385 e. The Bertz CT molecular complexity index is 363. The number of nitrogens with zero attached hydrogens (tertiary/aromatic N) is 1. The number of halogens is 2. The Morgan fingerprint density at radius 3 is 2.67 bits per heavy atom. The second kappa shape index (κ2) is 5.27. The lowest BCUT2D eigenvalue weighted by Gasteiger charge is -2.12. The third-order valence-electron chi connectivity index (χ3n) is 1.84. The fourth-order valence-corrected chi connectivity index (χ4v) is 1.04. The number of para-hydroxylation sites is 1. The summed E-state index contributed by atoms with van der Waals surface area (Å²) in [5, 5.41) is 20.1. The molecule has 2 N–H and O–H groups in total. The molecule has 0 aromatic heterocycles. The second-order valence-electron chi connectivity index (χ2n) is 2.94. The van der Waals surface area contributed by atoms with Crippen LogP contribution < -0.4 is 5.32 Å². The predicted octanol–water partition coefficient (Wildman–Crippen LogP) is 1.60. The molecule has 0 aliphatic rings. The van der Waals surface area contributed by atoms with Crippen LogP contribution in [0.25, 0.3) is 0 Å². The lowest BCUT2D eigenvalue weighted by atomic mass is 10.2. The molecule has 1 aromatic rings. The van der Waals surface area contributed by atoms with E-state index < -0.39 is 12.5 Å². The van der Waals surface area contributed by atoms with Crippen molar-refractivity contribution in [2.75, 3.05) is 11.9 Å². The monoisotopic (exact) mass is 212 g/mol. The van der Waals surface area contributed by atoms with Crippen LogP contribution in [0, 0.1) is 11.3 Å². The van der Waals surface area contributed by atoms with Crippen LogP contribution in [0.15, 0.2) is 24.3 Å². The number of hydrogen-bond donors (Lipinski definition) is 2. The maximum atomic E-state index is 12.0. The Morgan fingerprint density at radius 2 is 2.07 bits per heavy atom. The summed E-state index contributed by atoms with van der Waals surface area (Å²) in [7, 11) is 0. The highest BCUT2D eigenvalue weighted by molar-refractivity contribution is 5.57. The van der Waals surface area contributed by atoms with Gasteiger partial charge in [0.25, 0.3) is 6.43 Å². The Kier molecular flexibility index (Phi) is 4.01. The second-order valence-corrected chi connectivity index (χ2v) is 2.94. The third-order valence-corrected chi connectivity index (χ3v) is 1.84. The third kappa shape index (κ3) is 3.18. The molecule has 1 unspecified atom stereocenters. The molecule has 0 fully saturated rings. The van der Waals surface area contributed by atoms with Crippen LogP contribution in [0.2, 0.25) is 0 Å². The molecule has 0 spiro atoms. The van der Waals surface area contributed by atoms with Gasteiger partial charge < -0.3 is 10.4 Å². The van der Waals surface area contributed by atoms with E-state index in [1.165, 1.54) is 0 Å². The van der Waals surface area contributed by atoms with Gasteiger partial charge in [0.15, 0.2) is 0 Å². The maximum Gasteiger partial charge on any atom is 0.265 e. The normalized spacial score (nSPS) is 12.2. The van der Waals surface area contributed by atoms with Crippen LogP contribution in [0.4, 0.5) is 14.5 Å². The topological polar surface area (TPSA) is 56.0 Å². The molecule has 1 rings (SSSR count). The lowest BCUT2D eigenvalue weighted by molar-refractivity contribution is 0.00384. The van der Waals surface area contributed by atoms with Crippen LogP contribution in [-0.2, 0) is 0 Å². The van der Waals surface area contributed by atoms with Crippen molar-refractivity contribution in [1.82, 2.24) is 0 Å². The summed E-state index contributed by atoms with van der Waals surface area (Å²) >= 11 is 0. The summed E-state index contributed by atoms with van der Waals surface area (Å²) in [4.78, 5) is 0. The highest BCUT2D eigenvalue weighted by Gasteiger charge is 2.16. The van der Waals surface area contributed by atoms with Crippen LogP contribution in [-0.4, -0.2) is 24.2 Å². The summed E-state index contributed by atoms with van der Waals surface area (Å²) in [5.41, 5.74) is 0.804. The summed E-state index contributed by atoms with van der Waals surface area (Å²) in [6.45, 7) is -0.281. The van der Waals surface area contributed by atoms with Crippen LogP contribution in [0.3, 0.4) is 0 Å². The van der Waals surface area contributed by atoms with Gasteiger partial charge in [0.1, 0.15) is 12.2 Å². The molecule has 80 valence electrons. The Hall–Kier alpha value is -1.67. The zero-order chi connectivity index (χ0) is 11.3. The van der Waals surface area contributed by atoms with Crippen molar-refractivity contribution < 1.29 is 13.9 Å². The summed E-state index contributed by atoms with van der Waals surface area (Å²) in [6.07, 6.45) is -4.51. The number of rotatable bonds is 4. The van der Waals surface area contributed by atoms with Gasteiger partial charge in [-0.1, -0.05) is 12.1 Å². The molecule has 1 aromatic carbocycles. The molecule has 0 bridgehead atoms. The van der Waals surface area contributed by atoms with Gasteiger partial charge in [-0.05, 0) is 12.1 Å². The zero-order valence-corrected chi connectivity index (χ0v) is 7.82. The lowest BCUT2D eigenvalue weighted by Crippen LogP contribution is -2.26. The number of hydrogen-bond acceptors (Lipinski definition) is 3. The molecule has 3 nitrogen and oxygen atoms in total. The molecule has 0 aliphatic heterocycles. The highest BCUT2D eigenvalue weighted by atomic mass is 19.3. The van der Waals surface area contributed by atoms with Gasteiger partial charge in [-0.2, -0.15) is 5.26 Å². The van der Waals surface area contributed by atoms with E-state index in [1.54, 1.807) is 24.3 Å². The first kappa shape index (κ1) is 11.4. The summed E-state index contributed by atoms with van der Waals surface area (Å²) in [6, 6.07) is 8.43. The standard InChI is InChI=1S/C10H10F2N2O/c11-10(12)9(15)6-14-8-4-2-1-3-7(8)5-13/h1-4,9-10,14-15H,6H2.